The summed E-state index contributed by atoms with van der Waals surface area (Å²) < 4.78 is 4.66. The molecule has 3 nitrogen and oxygen atoms in total. The topological polar surface area (TPSA) is 29.5 Å². The van der Waals surface area contributed by atoms with Crippen molar-refractivity contribution in [3.63, 3.8) is 0 Å². The molecule has 0 heterocycles. The van der Waals surface area contributed by atoms with Gasteiger partial charge >= 0.3 is 5.97 Å². The van der Waals surface area contributed by atoms with Gasteiger partial charge in [0.25, 0.3) is 0 Å². The van der Waals surface area contributed by atoms with Crippen molar-refractivity contribution >= 4 is 21.9 Å². The van der Waals surface area contributed by atoms with E-state index in [0.29, 0.717) is 12.6 Å². The van der Waals surface area contributed by atoms with E-state index in [4.69, 9.17) is 0 Å². The molecule has 0 aliphatic carbocycles. The number of methoxy groups -OCH3 is 1. The Morgan fingerprint density at radius 3 is 2.43 bits per heavy atom. The van der Waals surface area contributed by atoms with E-state index in [1.165, 1.54) is 7.11 Å². The summed E-state index contributed by atoms with van der Waals surface area (Å²) in [4.78, 5) is 13.2. The van der Waals surface area contributed by atoms with Crippen LogP contribution >= 0.6 is 15.9 Å². The van der Waals surface area contributed by atoms with Crippen molar-refractivity contribution in [1.82, 2.24) is 4.90 Å². The first-order valence-corrected chi connectivity index (χ1v) is 5.90. The molecule has 0 N–H and O–H groups in total. The molecule has 0 radical (unpaired) electrons. The van der Waals surface area contributed by atoms with Crippen LogP contribution in [0, 0.1) is 0 Å². The summed E-state index contributed by atoms with van der Waals surface area (Å²) in [6.07, 6.45) is 1.10. The van der Waals surface area contributed by atoms with Gasteiger partial charge in [0.2, 0.25) is 0 Å². The molecular formula is C10H20BrNO2. The van der Waals surface area contributed by atoms with E-state index >= 15 is 0 Å². The highest BCUT2D eigenvalue weighted by atomic mass is 79.9. The first-order chi connectivity index (χ1) is 6.52. The molecule has 0 spiro atoms. The van der Waals surface area contributed by atoms with Crippen LogP contribution in [0.5, 0.6) is 0 Å². The van der Waals surface area contributed by atoms with E-state index in [9.17, 15) is 4.79 Å². The van der Waals surface area contributed by atoms with Crippen molar-refractivity contribution in [1.29, 1.82) is 0 Å². The summed E-state index contributed by atoms with van der Waals surface area (Å²) in [5, 5.41) is 0. The van der Waals surface area contributed by atoms with Gasteiger partial charge in [0.1, 0.15) is 4.83 Å². The van der Waals surface area contributed by atoms with Crippen molar-refractivity contribution in [2.24, 2.45) is 0 Å². The van der Waals surface area contributed by atoms with Crippen molar-refractivity contribution in [2.45, 2.75) is 38.1 Å². The van der Waals surface area contributed by atoms with Gasteiger partial charge in [-0.2, -0.15) is 0 Å². The molecule has 0 aromatic carbocycles. The fourth-order valence-corrected chi connectivity index (χ4v) is 1.81. The zero-order valence-corrected chi connectivity index (χ0v) is 11.0. The number of esters is 1. The second-order valence-electron chi connectivity index (χ2n) is 3.58. The molecular weight excluding hydrogens is 246 g/mol. The molecule has 0 aliphatic heterocycles. The minimum absolute atomic E-state index is 0.202. The highest BCUT2D eigenvalue weighted by Gasteiger charge is 2.20. The first kappa shape index (κ1) is 13.9. The summed E-state index contributed by atoms with van der Waals surface area (Å²) >= 11 is 3.33. The van der Waals surface area contributed by atoms with Crippen LogP contribution in [0.4, 0.5) is 0 Å². The number of alkyl halides is 1. The fraction of sp³-hybridized carbons (Fsp3) is 0.900. The maximum absolute atomic E-state index is 11.2. The van der Waals surface area contributed by atoms with Gasteiger partial charge in [-0.3, -0.25) is 9.69 Å². The number of carbonyl (C=O) groups excluding carboxylic acids is 1. The van der Waals surface area contributed by atoms with Crippen LogP contribution in [0.1, 0.15) is 27.2 Å². The Hall–Kier alpha value is -0.0900. The van der Waals surface area contributed by atoms with Crippen LogP contribution in [-0.2, 0) is 9.53 Å². The molecule has 0 saturated carbocycles. The van der Waals surface area contributed by atoms with Gasteiger partial charge in [-0.1, -0.05) is 22.9 Å². The molecule has 0 aromatic rings. The summed E-state index contributed by atoms with van der Waals surface area (Å²) in [6.45, 7) is 8.12. The van der Waals surface area contributed by atoms with Gasteiger partial charge in [-0.25, -0.2) is 0 Å². The van der Waals surface area contributed by atoms with Crippen LogP contribution in [0.2, 0.25) is 0 Å². The van der Waals surface area contributed by atoms with Crippen molar-refractivity contribution in [3.8, 4) is 0 Å². The maximum atomic E-state index is 11.2. The predicted octanol–water partition coefficient (Wildman–Crippen LogP) is 2.04. The van der Waals surface area contributed by atoms with Crippen LogP contribution < -0.4 is 0 Å². The second-order valence-corrected chi connectivity index (χ2v) is 4.68. The lowest BCUT2D eigenvalue weighted by Crippen LogP contribution is -2.39. The molecule has 84 valence electrons. The minimum Gasteiger partial charge on any atom is -0.468 e. The quantitative estimate of drug-likeness (QED) is 0.544. The summed E-state index contributed by atoms with van der Waals surface area (Å²) in [5.74, 6) is -0.202. The maximum Gasteiger partial charge on any atom is 0.320 e. The van der Waals surface area contributed by atoms with Crippen LogP contribution in [0.25, 0.3) is 0 Å². The van der Waals surface area contributed by atoms with E-state index in [0.717, 1.165) is 13.0 Å². The first-order valence-electron chi connectivity index (χ1n) is 4.98. The Morgan fingerprint density at radius 2 is 2.07 bits per heavy atom. The number of halogens is 1. The zero-order valence-electron chi connectivity index (χ0n) is 9.42. The Labute approximate surface area is 94.9 Å². The average Bonchev–Trinajstić information content (AvgIpc) is 2.15. The van der Waals surface area contributed by atoms with Crippen molar-refractivity contribution < 1.29 is 9.53 Å². The van der Waals surface area contributed by atoms with Crippen LogP contribution in [0.3, 0.4) is 0 Å². The van der Waals surface area contributed by atoms with E-state index in [1.807, 2.05) is 0 Å². The summed E-state index contributed by atoms with van der Waals surface area (Å²) in [7, 11) is 1.41. The molecule has 14 heavy (non-hydrogen) atoms. The van der Waals surface area contributed by atoms with Gasteiger partial charge in [-0.05, 0) is 26.8 Å². The minimum atomic E-state index is -0.221. The third-order valence-electron chi connectivity index (χ3n) is 2.09. The van der Waals surface area contributed by atoms with Crippen molar-refractivity contribution in [2.75, 3.05) is 20.2 Å². The van der Waals surface area contributed by atoms with Gasteiger partial charge in [0, 0.05) is 12.6 Å². The summed E-state index contributed by atoms with van der Waals surface area (Å²) in [5.41, 5.74) is 0. The lowest BCUT2D eigenvalue weighted by Gasteiger charge is -2.27. The number of nitrogens with zero attached hydrogens (tertiary/aromatic N) is 1. The monoisotopic (exact) mass is 265 g/mol. The average molecular weight is 266 g/mol. The highest BCUT2D eigenvalue weighted by Crippen LogP contribution is 2.08. The smallest absolute Gasteiger partial charge is 0.320 e. The Morgan fingerprint density at radius 1 is 1.50 bits per heavy atom. The molecule has 0 saturated heterocycles. The molecule has 1 unspecified atom stereocenters. The van der Waals surface area contributed by atoms with E-state index < -0.39 is 0 Å². The Bertz CT molecular complexity index is 174. The molecule has 1 atom stereocenters. The molecule has 0 fully saturated rings. The molecule has 0 aliphatic rings. The SMILES string of the molecule is CCCN(CC(Br)C(=O)OC)C(C)C. The molecule has 0 aromatic heterocycles. The molecule has 0 amide bonds. The van der Waals surface area contributed by atoms with Gasteiger partial charge in [0.15, 0.2) is 0 Å². The summed E-state index contributed by atoms with van der Waals surface area (Å²) in [6, 6.07) is 0.458. The highest BCUT2D eigenvalue weighted by molar-refractivity contribution is 9.10. The number of rotatable bonds is 6. The number of carbonyl (C=O) groups is 1. The van der Waals surface area contributed by atoms with Gasteiger partial charge in [-0.15, -0.1) is 0 Å². The predicted molar refractivity (Wildman–Crippen MR) is 61.7 cm³/mol. The molecule has 0 rings (SSSR count). The number of hydrogen-bond donors (Lipinski definition) is 0. The van der Waals surface area contributed by atoms with E-state index in [-0.39, 0.29) is 10.8 Å². The standard InChI is InChI=1S/C10H20BrNO2/c1-5-6-12(8(2)3)7-9(11)10(13)14-4/h8-9H,5-7H2,1-4H3. The normalized spacial score (nSPS) is 13.4. The van der Waals surface area contributed by atoms with Gasteiger partial charge in [0.05, 0.1) is 7.11 Å². The Balaban J connectivity index is 4.08. The van der Waals surface area contributed by atoms with Gasteiger partial charge < -0.3 is 4.74 Å². The molecule has 4 heteroatoms. The lowest BCUT2D eigenvalue weighted by atomic mass is 10.2. The molecule has 0 bridgehead atoms. The third kappa shape index (κ3) is 4.96. The number of ether oxygens (including phenoxy) is 1. The largest absolute Gasteiger partial charge is 0.468 e. The van der Waals surface area contributed by atoms with E-state index in [2.05, 4.69) is 46.3 Å². The van der Waals surface area contributed by atoms with Crippen molar-refractivity contribution in [3.05, 3.63) is 0 Å². The fourth-order valence-electron chi connectivity index (χ4n) is 1.26. The Kier molecular flexibility index (Phi) is 7.19. The van der Waals surface area contributed by atoms with E-state index in [1.54, 1.807) is 0 Å². The van der Waals surface area contributed by atoms with Crippen LogP contribution in [0.15, 0.2) is 0 Å². The second kappa shape index (κ2) is 7.23. The van der Waals surface area contributed by atoms with Crippen LogP contribution in [-0.4, -0.2) is 41.9 Å². The third-order valence-corrected chi connectivity index (χ3v) is 2.76. The lowest BCUT2D eigenvalue weighted by molar-refractivity contribution is -0.140. The zero-order chi connectivity index (χ0) is 11.1. The number of hydrogen-bond acceptors (Lipinski definition) is 3.